The number of nitrogens with one attached hydrogen (secondary N) is 1. The Morgan fingerprint density at radius 3 is 2.92 bits per heavy atom. The second-order valence-electron chi connectivity index (χ2n) is 6.04. The summed E-state index contributed by atoms with van der Waals surface area (Å²) < 4.78 is 1.64. The maximum absolute atomic E-state index is 12.6. The number of aryl methyl sites for hydroxylation is 1. The van der Waals surface area contributed by atoms with Crippen molar-refractivity contribution in [1.82, 2.24) is 14.9 Å². The second kappa shape index (κ2) is 7.62. The zero-order valence-corrected chi connectivity index (χ0v) is 15.8. The predicted molar refractivity (Wildman–Crippen MR) is 100 cm³/mol. The molecule has 0 saturated heterocycles. The fraction of sp³-hybridized carbons (Fsp3) is 0.389. The highest BCUT2D eigenvalue weighted by molar-refractivity contribution is 7.99. The lowest BCUT2D eigenvalue weighted by molar-refractivity contribution is -0.125. The van der Waals surface area contributed by atoms with Gasteiger partial charge < -0.3 is 5.32 Å². The third-order valence-corrected chi connectivity index (χ3v) is 5.89. The molecule has 3 rings (SSSR count). The molecule has 5 nitrogen and oxygen atoms in total. The first-order chi connectivity index (χ1) is 12.0. The number of amides is 1. The van der Waals surface area contributed by atoms with E-state index in [9.17, 15) is 9.59 Å². The van der Waals surface area contributed by atoms with Crippen LogP contribution in [0.5, 0.6) is 0 Å². The molecule has 0 radical (unpaired) electrons. The van der Waals surface area contributed by atoms with Gasteiger partial charge in [-0.25, -0.2) is 4.98 Å². The van der Waals surface area contributed by atoms with E-state index in [1.807, 2.05) is 32.0 Å². The van der Waals surface area contributed by atoms with Crippen LogP contribution in [0.25, 0.3) is 0 Å². The summed E-state index contributed by atoms with van der Waals surface area (Å²) >= 11 is 7.58. The number of nitrogens with zero attached hydrogens (tertiary/aromatic N) is 2. The molecular weight excluding hydrogens is 358 g/mol. The van der Waals surface area contributed by atoms with Gasteiger partial charge in [-0.15, -0.1) is 0 Å². The van der Waals surface area contributed by atoms with Crippen LogP contribution in [-0.2, 0) is 24.3 Å². The van der Waals surface area contributed by atoms with Crippen LogP contribution in [0.2, 0.25) is 5.02 Å². The molecule has 1 aromatic carbocycles. The van der Waals surface area contributed by atoms with Crippen molar-refractivity contribution in [1.29, 1.82) is 0 Å². The number of carbonyl (C=O) groups is 1. The lowest BCUT2D eigenvalue weighted by Crippen LogP contribution is -2.40. The number of carbonyl (C=O) groups excluding carboxylic acids is 1. The zero-order valence-electron chi connectivity index (χ0n) is 14.2. The first kappa shape index (κ1) is 18.0. The molecule has 0 fully saturated rings. The van der Waals surface area contributed by atoms with Gasteiger partial charge >= 0.3 is 0 Å². The minimum absolute atomic E-state index is 0.0268. The quantitative estimate of drug-likeness (QED) is 0.832. The van der Waals surface area contributed by atoms with Crippen molar-refractivity contribution >= 4 is 29.3 Å². The fourth-order valence-corrected chi connectivity index (χ4v) is 4.25. The molecule has 1 atom stereocenters. The molecular formula is C18H20ClN3O2S. The zero-order chi connectivity index (χ0) is 18.0. The van der Waals surface area contributed by atoms with Crippen molar-refractivity contribution in [3.05, 3.63) is 56.5 Å². The van der Waals surface area contributed by atoms with Crippen LogP contribution in [0.3, 0.4) is 0 Å². The standard InChI is InChI=1S/C18H20ClN3O2S/c1-3-14-11(2)21-18-22(17(14)24)9-13(10-25-18)16(23)20-8-12-6-4-5-7-15(12)19/h4-7,13H,3,8-10H2,1-2H3,(H,20,23). The number of aromatic nitrogens is 2. The molecule has 1 amide bonds. The number of thioether (sulfide) groups is 1. The largest absolute Gasteiger partial charge is 0.352 e. The van der Waals surface area contributed by atoms with Gasteiger partial charge in [0.25, 0.3) is 5.56 Å². The highest BCUT2D eigenvalue weighted by atomic mass is 35.5. The number of rotatable bonds is 4. The van der Waals surface area contributed by atoms with Gasteiger partial charge in [-0.2, -0.15) is 0 Å². The van der Waals surface area contributed by atoms with Crippen LogP contribution >= 0.6 is 23.4 Å². The number of hydrogen-bond acceptors (Lipinski definition) is 4. The van der Waals surface area contributed by atoms with Crippen molar-refractivity contribution in [3.8, 4) is 0 Å². The van der Waals surface area contributed by atoms with E-state index >= 15 is 0 Å². The molecule has 1 unspecified atom stereocenters. The summed E-state index contributed by atoms with van der Waals surface area (Å²) in [6.07, 6.45) is 0.645. The van der Waals surface area contributed by atoms with Gasteiger partial charge in [0.2, 0.25) is 5.91 Å². The Bertz CT molecular complexity index is 866. The maximum atomic E-state index is 12.6. The third kappa shape index (κ3) is 3.75. The Balaban J connectivity index is 1.73. The Morgan fingerprint density at radius 2 is 2.20 bits per heavy atom. The maximum Gasteiger partial charge on any atom is 0.257 e. The Labute approximate surface area is 155 Å². The molecule has 1 aliphatic heterocycles. The van der Waals surface area contributed by atoms with Gasteiger partial charge in [-0.05, 0) is 25.0 Å². The van der Waals surface area contributed by atoms with E-state index in [-0.39, 0.29) is 17.4 Å². The highest BCUT2D eigenvalue weighted by Gasteiger charge is 2.27. The molecule has 0 bridgehead atoms. The van der Waals surface area contributed by atoms with Crippen LogP contribution < -0.4 is 10.9 Å². The van der Waals surface area contributed by atoms with E-state index in [0.717, 1.165) is 16.8 Å². The summed E-state index contributed by atoms with van der Waals surface area (Å²) in [5, 5.41) is 4.26. The minimum atomic E-state index is -0.258. The summed E-state index contributed by atoms with van der Waals surface area (Å²) in [7, 11) is 0. The lowest BCUT2D eigenvalue weighted by Gasteiger charge is -2.25. The van der Waals surface area contributed by atoms with Crippen molar-refractivity contribution in [2.75, 3.05) is 5.75 Å². The number of fused-ring (bicyclic) bond motifs is 1. The Kier molecular flexibility index (Phi) is 5.49. The molecule has 132 valence electrons. The van der Waals surface area contributed by atoms with Crippen molar-refractivity contribution in [2.24, 2.45) is 5.92 Å². The van der Waals surface area contributed by atoms with Crippen LogP contribution in [0.4, 0.5) is 0 Å². The summed E-state index contributed by atoms with van der Waals surface area (Å²) in [5.41, 5.74) is 2.36. The van der Waals surface area contributed by atoms with E-state index in [4.69, 9.17) is 11.6 Å². The molecule has 0 aliphatic carbocycles. The lowest BCUT2D eigenvalue weighted by atomic mass is 10.1. The van der Waals surface area contributed by atoms with Crippen molar-refractivity contribution in [3.63, 3.8) is 0 Å². The summed E-state index contributed by atoms with van der Waals surface area (Å²) in [6.45, 7) is 4.57. The number of hydrogen-bond donors (Lipinski definition) is 1. The van der Waals surface area contributed by atoms with Gasteiger partial charge in [0.05, 0.1) is 5.92 Å². The second-order valence-corrected chi connectivity index (χ2v) is 7.44. The summed E-state index contributed by atoms with van der Waals surface area (Å²) in [5.74, 6) is 0.293. The molecule has 1 aromatic heterocycles. The molecule has 7 heteroatoms. The SMILES string of the molecule is CCc1c(C)nc2n(c1=O)CC(C(=O)NCc1ccccc1Cl)CS2. The topological polar surface area (TPSA) is 64.0 Å². The molecule has 1 aliphatic rings. The van der Waals surface area contributed by atoms with E-state index in [1.54, 1.807) is 10.6 Å². The van der Waals surface area contributed by atoms with Gasteiger partial charge in [0.1, 0.15) is 0 Å². The summed E-state index contributed by atoms with van der Waals surface area (Å²) in [6, 6.07) is 7.43. The molecule has 2 heterocycles. The highest BCUT2D eigenvalue weighted by Crippen LogP contribution is 2.26. The number of halogens is 1. The van der Waals surface area contributed by atoms with E-state index in [0.29, 0.717) is 35.4 Å². The average Bonchev–Trinajstić information content (AvgIpc) is 2.61. The summed E-state index contributed by atoms with van der Waals surface area (Å²) in [4.78, 5) is 29.7. The first-order valence-corrected chi connectivity index (χ1v) is 9.61. The molecule has 2 aromatic rings. The Hall–Kier alpha value is -1.79. The van der Waals surface area contributed by atoms with Crippen LogP contribution in [-0.4, -0.2) is 21.2 Å². The molecule has 0 saturated carbocycles. The number of benzene rings is 1. The van der Waals surface area contributed by atoms with Gasteiger partial charge in [-0.1, -0.05) is 48.5 Å². The van der Waals surface area contributed by atoms with Gasteiger partial charge in [0.15, 0.2) is 5.16 Å². The Morgan fingerprint density at radius 1 is 1.44 bits per heavy atom. The first-order valence-electron chi connectivity index (χ1n) is 8.25. The fourth-order valence-electron chi connectivity index (χ4n) is 2.93. The van der Waals surface area contributed by atoms with Crippen LogP contribution in [0.15, 0.2) is 34.2 Å². The average molecular weight is 378 g/mol. The molecule has 0 spiro atoms. The van der Waals surface area contributed by atoms with Crippen LogP contribution in [0, 0.1) is 12.8 Å². The van der Waals surface area contributed by atoms with E-state index in [1.165, 1.54) is 11.8 Å². The van der Waals surface area contributed by atoms with Gasteiger partial charge in [-0.3, -0.25) is 14.2 Å². The van der Waals surface area contributed by atoms with Crippen LogP contribution in [0.1, 0.15) is 23.7 Å². The predicted octanol–water partition coefficient (Wildman–Crippen LogP) is 2.81. The van der Waals surface area contributed by atoms with E-state index < -0.39 is 0 Å². The normalized spacial score (nSPS) is 16.4. The van der Waals surface area contributed by atoms with Crippen molar-refractivity contribution in [2.45, 2.75) is 38.5 Å². The van der Waals surface area contributed by atoms with E-state index in [2.05, 4.69) is 10.3 Å². The monoisotopic (exact) mass is 377 g/mol. The minimum Gasteiger partial charge on any atom is -0.352 e. The molecule has 1 N–H and O–H groups in total. The van der Waals surface area contributed by atoms with Gasteiger partial charge in [0, 0.05) is 35.1 Å². The molecule has 25 heavy (non-hydrogen) atoms. The third-order valence-electron chi connectivity index (χ3n) is 4.39. The smallest absolute Gasteiger partial charge is 0.257 e. The van der Waals surface area contributed by atoms with Crippen molar-refractivity contribution < 1.29 is 4.79 Å².